The first-order chi connectivity index (χ1) is 14.6. The Kier molecular flexibility index (Phi) is 7.72. The third kappa shape index (κ3) is 5.63. The molecule has 9 heteroatoms. The van der Waals surface area contributed by atoms with Gasteiger partial charge in [0.25, 0.3) is 0 Å². The third-order valence-electron chi connectivity index (χ3n) is 5.94. The molecule has 0 radical (unpaired) electrons. The van der Waals surface area contributed by atoms with E-state index in [-0.39, 0.29) is 41.5 Å². The number of sulfonamides is 1. The molecule has 0 saturated carbocycles. The van der Waals surface area contributed by atoms with E-state index in [0.29, 0.717) is 39.1 Å². The van der Waals surface area contributed by atoms with Crippen molar-refractivity contribution in [3.05, 3.63) is 30.1 Å². The Hall–Kier alpha value is -1.55. The Bertz CT molecular complexity index is 852. The summed E-state index contributed by atoms with van der Waals surface area (Å²) in [5.74, 6) is -0.289. The summed E-state index contributed by atoms with van der Waals surface area (Å²) in [4.78, 5) is 17.6. The predicted molar refractivity (Wildman–Crippen MR) is 117 cm³/mol. The zero-order chi connectivity index (χ0) is 22.8. The van der Waals surface area contributed by atoms with Crippen molar-refractivity contribution in [1.82, 2.24) is 14.1 Å². The summed E-state index contributed by atoms with van der Waals surface area (Å²) in [5, 5.41) is 0. The van der Waals surface area contributed by atoms with E-state index in [1.54, 1.807) is 4.90 Å². The molecular weight excluding hydrogens is 421 g/mol. The monoisotopic (exact) mass is 455 g/mol. The largest absolute Gasteiger partial charge is 0.373 e. The Morgan fingerprint density at radius 3 is 2.23 bits per heavy atom. The molecule has 3 rings (SSSR count). The summed E-state index contributed by atoms with van der Waals surface area (Å²) in [6.07, 6.45) is 0.698. The molecule has 2 aliphatic heterocycles. The molecular formula is C22H34FN3O4S. The van der Waals surface area contributed by atoms with Crippen LogP contribution in [0.3, 0.4) is 0 Å². The fraction of sp³-hybridized carbons (Fsp3) is 0.682. The fourth-order valence-electron chi connectivity index (χ4n) is 4.60. The molecule has 3 atom stereocenters. The topological polar surface area (TPSA) is 70.2 Å². The Labute approximate surface area is 185 Å². The Morgan fingerprint density at radius 1 is 1.03 bits per heavy atom. The van der Waals surface area contributed by atoms with Crippen LogP contribution in [0.5, 0.6) is 0 Å². The number of hydrogen-bond donors (Lipinski definition) is 0. The van der Waals surface area contributed by atoms with E-state index >= 15 is 0 Å². The smallest absolute Gasteiger partial charge is 0.243 e. The lowest BCUT2D eigenvalue weighted by Crippen LogP contribution is -2.58. The number of amides is 1. The maximum Gasteiger partial charge on any atom is 0.243 e. The van der Waals surface area contributed by atoms with Crippen LogP contribution in [-0.2, 0) is 19.6 Å². The number of carbonyl (C=O) groups excluding carboxylic acids is 1. The zero-order valence-electron chi connectivity index (χ0n) is 18.8. The maximum absolute atomic E-state index is 13.5. The molecule has 1 amide bonds. The van der Waals surface area contributed by atoms with E-state index < -0.39 is 15.8 Å². The van der Waals surface area contributed by atoms with Crippen molar-refractivity contribution in [3.8, 4) is 0 Å². The van der Waals surface area contributed by atoms with Crippen LogP contribution < -0.4 is 0 Å². The zero-order valence-corrected chi connectivity index (χ0v) is 19.6. The van der Waals surface area contributed by atoms with Gasteiger partial charge in [0.2, 0.25) is 15.9 Å². The molecule has 174 valence electrons. The van der Waals surface area contributed by atoms with Crippen molar-refractivity contribution < 1.29 is 22.3 Å². The molecule has 0 N–H and O–H groups in total. The molecule has 0 bridgehead atoms. The van der Waals surface area contributed by atoms with Crippen LogP contribution in [0.2, 0.25) is 0 Å². The highest BCUT2D eigenvalue weighted by Gasteiger charge is 2.37. The molecule has 2 saturated heterocycles. The van der Waals surface area contributed by atoms with Gasteiger partial charge in [0.05, 0.1) is 23.1 Å². The van der Waals surface area contributed by atoms with Gasteiger partial charge in [-0.15, -0.1) is 0 Å². The van der Waals surface area contributed by atoms with Gasteiger partial charge in [0.1, 0.15) is 5.82 Å². The molecule has 2 aliphatic rings. The number of ether oxygens (including phenoxy) is 1. The van der Waals surface area contributed by atoms with Crippen molar-refractivity contribution in [3.63, 3.8) is 0 Å². The van der Waals surface area contributed by atoms with Gasteiger partial charge in [0, 0.05) is 39.3 Å². The lowest BCUT2D eigenvalue weighted by molar-refractivity contribution is -0.145. The van der Waals surface area contributed by atoms with Crippen LogP contribution in [0.25, 0.3) is 0 Å². The second kappa shape index (κ2) is 9.94. The van der Waals surface area contributed by atoms with Gasteiger partial charge in [-0.05, 0) is 50.5 Å². The number of carbonyl (C=O) groups is 1. The summed E-state index contributed by atoms with van der Waals surface area (Å²) in [5.41, 5.74) is 0. The molecule has 0 aliphatic carbocycles. The maximum atomic E-state index is 13.5. The standard InChI is InChI=1S/C22H34FN3O4S/c1-16(2)21(25-14-17(3)30-18(4)15-25)22(27)24-10-5-11-26(13-12-24)31(28,29)20-8-6-19(23)7-9-20/h6-9,16-18,21H,5,10-15H2,1-4H3. The Morgan fingerprint density at radius 2 is 1.65 bits per heavy atom. The van der Waals surface area contributed by atoms with Gasteiger partial charge >= 0.3 is 0 Å². The molecule has 1 aromatic rings. The van der Waals surface area contributed by atoms with Gasteiger partial charge in [-0.25, -0.2) is 12.8 Å². The third-order valence-corrected chi connectivity index (χ3v) is 7.86. The van der Waals surface area contributed by atoms with E-state index in [9.17, 15) is 17.6 Å². The predicted octanol–water partition coefficient (Wildman–Crippen LogP) is 2.18. The molecule has 2 heterocycles. The van der Waals surface area contributed by atoms with Crippen molar-refractivity contribution in [1.29, 1.82) is 0 Å². The van der Waals surface area contributed by atoms with Crippen molar-refractivity contribution >= 4 is 15.9 Å². The van der Waals surface area contributed by atoms with Gasteiger partial charge in [0.15, 0.2) is 0 Å². The molecule has 2 fully saturated rings. The van der Waals surface area contributed by atoms with Crippen LogP contribution in [0, 0.1) is 11.7 Å². The van der Waals surface area contributed by atoms with Gasteiger partial charge in [-0.2, -0.15) is 4.31 Å². The lowest BCUT2D eigenvalue weighted by Gasteiger charge is -2.42. The summed E-state index contributed by atoms with van der Waals surface area (Å²) < 4.78 is 46.4. The van der Waals surface area contributed by atoms with Gasteiger partial charge in [-0.1, -0.05) is 13.8 Å². The highest BCUT2D eigenvalue weighted by Crippen LogP contribution is 2.23. The number of nitrogens with zero attached hydrogens (tertiary/aromatic N) is 3. The van der Waals surface area contributed by atoms with Gasteiger partial charge < -0.3 is 9.64 Å². The van der Waals surface area contributed by atoms with Crippen LogP contribution in [0.4, 0.5) is 4.39 Å². The van der Waals surface area contributed by atoms with E-state index in [4.69, 9.17) is 4.74 Å². The first-order valence-corrected chi connectivity index (χ1v) is 12.5. The van der Waals surface area contributed by atoms with E-state index in [1.165, 1.54) is 16.4 Å². The summed E-state index contributed by atoms with van der Waals surface area (Å²) in [7, 11) is -3.72. The minimum absolute atomic E-state index is 0.0531. The minimum atomic E-state index is -3.72. The average Bonchev–Trinajstić information content (AvgIpc) is 2.94. The number of hydrogen-bond acceptors (Lipinski definition) is 5. The number of halogens is 1. The second-order valence-corrected chi connectivity index (χ2v) is 10.9. The molecule has 0 spiro atoms. The van der Waals surface area contributed by atoms with Crippen LogP contribution in [0.1, 0.15) is 34.1 Å². The Balaban J connectivity index is 1.71. The van der Waals surface area contributed by atoms with Gasteiger partial charge in [-0.3, -0.25) is 9.69 Å². The normalized spacial score (nSPS) is 25.4. The quantitative estimate of drug-likeness (QED) is 0.681. The number of benzene rings is 1. The fourth-order valence-corrected chi connectivity index (χ4v) is 6.07. The summed E-state index contributed by atoms with van der Waals surface area (Å²) >= 11 is 0. The number of morpholine rings is 1. The van der Waals surface area contributed by atoms with Crippen LogP contribution in [0.15, 0.2) is 29.2 Å². The molecule has 7 nitrogen and oxygen atoms in total. The molecule has 3 unspecified atom stereocenters. The molecule has 1 aromatic carbocycles. The average molecular weight is 456 g/mol. The van der Waals surface area contributed by atoms with E-state index in [0.717, 1.165) is 12.1 Å². The summed E-state index contributed by atoms with van der Waals surface area (Å²) in [6, 6.07) is 4.62. The van der Waals surface area contributed by atoms with Crippen molar-refractivity contribution in [2.24, 2.45) is 5.92 Å². The van der Waals surface area contributed by atoms with E-state index in [1.807, 2.05) is 13.8 Å². The van der Waals surface area contributed by atoms with Crippen LogP contribution in [-0.4, -0.2) is 85.9 Å². The molecule has 31 heavy (non-hydrogen) atoms. The van der Waals surface area contributed by atoms with Crippen molar-refractivity contribution in [2.45, 2.75) is 57.3 Å². The van der Waals surface area contributed by atoms with Crippen LogP contribution >= 0.6 is 0 Å². The second-order valence-electron chi connectivity index (χ2n) is 8.94. The minimum Gasteiger partial charge on any atom is -0.373 e. The summed E-state index contributed by atoms with van der Waals surface area (Å²) in [6.45, 7) is 11.0. The number of rotatable bonds is 5. The first-order valence-electron chi connectivity index (χ1n) is 11.0. The highest BCUT2D eigenvalue weighted by atomic mass is 32.2. The molecule has 0 aromatic heterocycles. The SMILES string of the molecule is CC1CN(C(C(=O)N2CCCN(S(=O)(=O)c3ccc(F)cc3)CC2)C(C)C)CC(C)O1. The lowest BCUT2D eigenvalue weighted by atomic mass is 9.99. The van der Waals surface area contributed by atoms with Crippen molar-refractivity contribution in [2.75, 3.05) is 39.3 Å². The van der Waals surface area contributed by atoms with E-state index in [2.05, 4.69) is 18.7 Å². The first kappa shape index (κ1) is 24.1. The highest BCUT2D eigenvalue weighted by molar-refractivity contribution is 7.89.